The smallest absolute Gasteiger partial charge is 0.110 e. The SMILES string of the molecule is C#CCn1c(CCCN)nc2cc(C(C)C)ccc21. The van der Waals surface area contributed by atoms with Gasteiger partial charge in [-0.05, 0) is 36.6 Å². The topological polar surface area (TPSA) is 43.8 Å². The van der Waals surface area contributed by atoms with Crippen molar-refractivity contribution in [1.29, 1.82) is 0 Å². The average molecular weight is 255 g/mol. The monoisotopic (exact) mass is 255 g/mol. The molecule has 1 aromatic carbocycles. The van der Waals surface area contributed by atoms with Gasteiger partial charge in [-0.3, -0.25) is 0 Å². The molecule has 3 nitrogen and oxygen atoms in total. The van der Waals surface area contributed by atoms with Gasteiger partial charge in [-0.25, -0.2) is 4.98 Å². The number of terminal acetylenes is 1. The van der Waals surface area contributed by atoms with E-state index in [-0.39, 0.29) is 0 Å². The summed E-state index contributed by atoms with van der Waals surface area (Å²) in [7, 11) is 0. The first kappa shape index (κ1) is 13.6. The predicted molar refractivity (Wildman–Crippen MR) is 80.0 cm³/mol. The Morgan fingerprint density at radius 2 is 2.21 bits per heavy atom. The van der Waals surface area contributed by atoms with Gasteiger partial charge in [0.25, 0.3) is 0 Å². The number of benzene rings is 1. The highest BCUT2D eigenvalue weighted by Crippen LogP contribution is 2.22. The van der Waals surface area contributed by atoms with E-state index in [1.165, 1.54) is 5.56 Å². The second-order valence-corrected chi connectivity index (χ2v) is 5.11. The number of rotatable bonds is 5. The normalized spacial score (nSPS) is 11.1. The van der Waals surface area contributed by atoms with Crippen LogP contribution in [-0.4, -0.2) is 16.1 Å². The Labute approximate surface area is 114 Å². The molecule has 19 heavy (non-hydrogen) atoms. The predicted octanol–water partition coefficient (Wildman–Crippen LogP) is 2.68. The molecule has 0 aliphatic rings. The van der Waals surface area contributed by atoms with Crippen molar-refractivity contribution in [3.05, 3.63) is 29.6 Å². The maximum Gasteiger partial charge on any atom is 0.110 e. The molecule has 0 amide bonds. The van der Waals surface area contributed by atoms with E-state index in [4.69, 9.17) is 17.1 Å². The van der Waals surface area contributed by atoms with Crippen molar-refractivity contribution >= 4 is 11.0 Å². The molecule has 2 N–H and O–H groups in total. The fourth-order valence-electron chi connectivity index (χ4n) is 2.27. The van der Waals surface area contributed by atoms with Gasteiger partial charge in [-0.15, -0.1) is 6.42 Å². The molecule has 0 aliphatic heterocycles. The third-order valence-corrected chi connectivity index (χ3v) is 3.37. The van der Waals surface area contributed by atoms with E-state index in [9.17, 15) is 0 Å². The van der Waals surface area contributed by atoms with Crippen LogP contribution in [0.5, 0.6) is 0 Å². The lowest BCUT2D eigenvalue weighted by Gasteiger charge is -2.06. The fourth-order valence-corrected chi connectivity index (χ4v) is 2.27. The van der Waals surface area contributed by atoms with Crippen molar-refractivity contribution in [2.45, 2.75) is 39.2 Å². The quantitative estimate of drug-likeness (QED) is 0.835. The van der Waals surface area contributed by atoms with E-state index in [1.54, 1.807) is 0 Å². The highest BCUT2D eigenvalue weighted by atomic mass is 15.1. The largest absolute Gasteiger partial charge is 0.330 e. The second kappa shape index (κ2) is 5.90. The minimum absolute atomic E-state index is 0.509. The lowest BCUT2D eigenvalue weighted by Crippen LogP contribution is -2.06. The maximum atomic E-state index is 5.58. The summed E-state index contributed by atoms with van der Waals surface area (Å²) in [6.07, 6.45) is 7.28. The van der Waals surface area contributed by atoms with Crippen LogP contribution in [0.15, 0.2) is 18.2 Å². The molecule has 0 radical (unpaired) electrons. The van der Waals surface area contributed by atoms with Crippen LogP contribution < -0.4 is 5.73 Å². The first-order valence-corrected chi connectivity index (χ1v) is 6.80. The summed E-state index contributed by atoms with van der Waals surface area (Å²) >= 11 is 0. The van der Waals surface area contributed by atoms with Crippen LogP contribution >= 0.6 is 0 Å². The number of hydrogen-bond donors (Lipinski definition) is 1. The number of imidazole rings is 1. The van der Waals surface area contributed by atoms with E-state index < -0.39 is 0 Å². The van der Waals surface area contributed by atoms with Crippen LogP contribution in [0.1, 0.15) is 37.6 Å². The Hall–Kier alpha value is -1.79. The minimum atomic E-state index is 0.509. The zero-order chi connectivity index (χ0) is 13.8. The summed E-state index contributed by atoms with van der Waals surface area (Å²) in [5, 5.41) is 0. The molecule has 0 saturated carbocycles. The highest BCUT2D eigenvalue weighted by Gasteiger charge is 2.11. The molecule has 2 aromatic rings. The van der Waals surface area contributed by atoms with E-state index in [2.05, 4.69) is 42.5 Å². The lowest BCUT2D eigenvalue weighted by atomic mass is 10.0. The molecule has 0 unspecified atom stereocenters. The zero-order valence-electron chi connectivity index (χ0n) is 11.7. The van der Waals surface area contributed by atoms with Crippen LogP contribution in [0.25, 0.3) is 11.0 Å². The van der Waals surface area contributed by atoms with Gasteiger partial charge in [0.2, 0.25) is 0 Å². The Bertz CT molecular complexity index is 602. The van der Waals surface area contributed by atoms with Gasteiger partial charge in [0.05, 0.1) is 17.6 Å². The van der Waals surface area contributed by atoms with Gasteiger partial charge < -0.3 is 10.3 Å². The summed E-state index contributed by atoms with van der Waals surface area (Å²) in [5.74, 6) is 4.26. The number of nitrogens with two attached hydrogens (primary N) is 1. The summed E-state index contributed by atoms with van der Waals surface area (Å²) < 4.78 is 2.12. The number of aromatic nitrogens is 2. The molecule has 0 aliphatic carbocycles. The molecule has 0 atom stereocenters. The van der Waals surface area contributed by atoms with Gasteiger partial charge in [-0.1, -0.05) is 25.8 Å². The van der Waals surface area contributed by atoms with Crippen LogP contribution in [0.3, 0.4) is 0 Å². The van der Waals surface area contributed by atoms with Crippen LogP contribution in [0, 0.1) is 12.3 Å². The molecule has 2 rings (SSSR count). The molecule has 0 fully saturated rings. The third kappa shape index (κ3) is 2.80. The number of nitrogens with zero attached hydrogens (tertiary/aromatic N) is 2. The van der Waals surface area contributed by atoms with Gasteiger partial charge >= 0.3 is 0 Å². The standard InChI is InChI=1S/C16H21N3/c1-4-10-19-15-8-7-13(12(2)3)11-14(15)18-16(19)6-5-9-17/h1,7-8,11-12H,5-6,9-10,17H2,2-3H3. The van der Waals surface area contributed by atoms with Crippen molar-refractivity contribution in [1.82, 2.24) is 9.55 Å². The molecular weight excluding hydrogens is 234 g/mol. The van der Waals surface area contributed by atoms with E-state index >= 15 is 0 Å². The Morgan fingerprint density at radius 3 is 2.84 bits per heavy atom. The first-order valence-electron chi connectivity index (χ1n) is 6.80. The van der Waals surface area contributed by atoms with E-state index in [0.29, 0.717) is 19.0 Å². The van der Waals surface area contributed by atoms with Crippen molar-refractivity contribution in [3.63, 3.8) is 0 Å². The Morgan fingerprint density at radius 1 is 1.42 bits per heavy atom. The van der Waals surface area contributed by atoms with E-state index in [1.807, 2.05) is 0 Å². The molecule has 1 heterocycles. The van der Waals surface area contributed by atoms with Gasteiger partial charge in [0.15, 0.2) is 0 Å². The summed E-state index contributed by atoms with van der Waals surface area (Å²) in [5.41, 5.74) is 9.05. The summed E-state index contributed by atoms with van der Waals surface area (Å²) in [6.45, 7) is 5.62. The van der Waals surface area contributed by atoms with Gasteiger partial charge in [0, 0.05) is 6.42 Å². The Kier molecular flexibility index (Phi) is 4.24. The number of fused-ring (bicyclic) bond motifs is 1. The third-order valence-electron chi connectivity index (χ3n) is 3.37. The summed E-state index contributed by atoms with van der Waals surface area (Å²) in [6, 6.07) is 6.45. The Balaban J connectivity index is 2.49. The molecule has 100 valence electrons. The maximum absolute atomic E-state index is 5.58. The molecule has 0 spiro atoms. The van der Waals surface area contributed by atoms with Gasteiger partial charge in [-0.2, -0.15) is 0 Å². The highest BCUT2D eigenvalue weighted by molar-refractivity contribution is 5.77. The molecule has 1 aromatic heterocycles. The van der Waals surface area contributed by atoms with Crippen molar-refractivity contribution in [3.8, 4) is 12.3 Å². The second-order valence-electron chi connectivity index (χ2n) is 5.11. The lowest BCUT2D eigenvalue weighted by molar-refractivity contribution is 0.719. The molecule has 3 heteroatoms. The zero-order valence-corrected chi connectivity index (χ0v) is 11.7. The molecular formula is C16H21N3. The average Bonchev–Trinajstić information content (AvgIpc) is 2.74. The molecule has 0 saturated heterocycles. The van der Waals surface area contributed by atoms with Crippen molar-refractivity contribution in [2.24, 2.45) is 5.73 Å². The van der Waals surface area contributed by atoms with Crippen molar-refractivity contribution < 1.29 is 0 Å². The van der Waals surface area contributed by atoms with E-state index in [0.717, 1.165) is 29.7 Å². The fraction of sp³-hybridized carbons (Fsp3) is 0.438. The minimum Gasteiger partial charge on any atom is -0.330 e. The molecule has 0 bridgehead atoms. The number of aryl methyl sites for hydroxylation is 1. The van der Waals surface area contributed by atoms with Crippen molar-refractivity contribution in [2.75, 3.05) is 6.54 Å². The number of hydrogen-bond acceptors (Lipinski definition) is 2. The van der Waals surface area contributed by atoms with Crippen LogP contribution in [0.4, 0.5) is 0 Å². The van der Waals surface area contributed by atoms with Crippen LogP contribution in [-0.2, 0) is 13.0 Å². The van der Waals surface area contributed by atoms with Gasteiger partial charge in [0.1, 0.15) is 5.82 Å². The first-order chi connectivity index (χ1) is 9.17. The summed E-state index contributed by atoms with van der Waals surface area (Å²) in [4.78, 5) is 4.72. The van der Waals surface area contributed by atoms with Crippen LogP contribution in [0.2, 0.25) is 0 Å².